The van der Waals surface area contributed by atoms with Crippen LogP contribution in [0, 0.1) is 0 Å². The Labute approximate surface area is 90.7 Å². The molecule has 2 heteroatoms. The fourth-order valence-corrected chi connectivity index (χ4v) is 1.64. The van der Waals surface area contributed by atoms with Crippen molar-refractivity contribution in [3.8, 4) is 0 Å². The highest BCUT2D eigenvalue weighted by Gasteiger charge is 2.55. The summed E-state index contributed by atoms with van der Waals surface area (Å²) in [5.74, 6) is 0. The number of hydrogen-bond acceptors (Lipinski definition) is 0. The second-order valence-corrected chi connectivity index (χ2v) is 7.14. The lowest BCUT2D eigenvalue weighted by molar-refractivity contribution is -1.00. The van der Waals surface area contributed by atoms with Crippen LogP contribution in [0.25, 0.3) is 0 Å². The summed E-state index contributed by atoms with van der Waals surface area (Å²) in [6, 6.07) is 0. The topological polar surface area (TPSA) is 0 Å². The zero-order valence-electron chi connectivity index (χ0n) is 11.9. The van der Waals surface area contributed by atoms with E-state index in [-0.39, 0.29) is 11.1 Å². The van der Waals surface area contributed by atoms with Gasteiger partial charge in [0.25, 0.3) is 0 Å². The smallest absolute Gasteiger partial charge is 0.147 e. The average molecular weight is 202 g/mol. The Hall–Kier alpha value is -0.0800. The fourth-order valence-electron chi connectivity index (χ4n) is 1.64. The molecule has 0 radical (unpaired) electrons. The Morgan fingerprint density at radius 3 is 0.714 bits per heavy atom. The molecule has 0 atom stereocenters. The molecule has 0 amide bonds. The first-order chi connectivity index (χ1) is 5.75. The van der Waals surface area contributed by atoms with E-state index in [1.54, 1.807) is 0 Å². The first-order valence-electron chi connectivity index (χ1n) is 5.38. The summed E-state index contributed by atoms with van der Waals surface area (Å²) >= 11 is 0. The van der Waals surface area contributed by atoms with Crippen LogP contribution in [0.15, 0.2) is 0 Å². The van der Waals surface area contributed by atoms with Crippen molar-refractivity contribution in [1.82, 2.24) is 0 Å². The highest BCUT2D eigenvalue weighted by atomic mass is 15.4. The molecule has 14 heavy (non-hydrogen) atoms. The van der Waals surface area contributed by atoms with Gasteiger partial charge in [0.15, 0.2) is 0 Å². The lowest BCUT2D eigenvalue weighted by Gasteiger charge is -2.55. The molecule has 0 rings (SSSR count). The Morgan fingerprint density at radius 2 is 0.643 bits per heavy atom. The van der Waals surface area contributed by atoms with Crippen molar-refractivity contribution in [2.75, 3.05) is 42.3 Å². The quantitative estimate of drug-likeness (QED) is 0.614. The number of quaternary nitrogens is 2. The first-order valence-corrected chi connectivity index (χ1v) is 5.38. The fraction of sp³-hybridized carbons (Fsp3) is 1.00. The van der Waals surface area contributed by atoms with Gasteiger partial charge in [-0.05, 0) is 27.7 Å². The van der Waals surface area contributed by atoms with Gasteiger partial charge in [0.2, 0.25) is 0 Å². The molecule has 0 heterocycles. The molecular weight excluding hydrogens is 172 g/mol. The van der Waals surface area contributed by atoms with E-state index in [1.807, 2.05) is 0 Å². The Balaban J connectivity index is 5.30. The zero-order chi connectivity index (χ0) is 12.0. The number of likely N-dealkylation sites (N-methyl/N-ethyl adjacent to an activating group) is 2. The molecule has 0 unspecified atom stereocenters. The summed E-state index contributed by atoms with van der Waals surface area (Å²) in [6.45, 7) is 9.43. The monoisotopic (exact) mass is 202 g/mol. The molecule has 0 aliphatic rings. The van der Waals surface area contributed by atoms with Gasteiger partial charge < -0.3 is 8.97 Å². The van der Waals surface area contributed by atoms with Gasteiger partial charge in [-0.15, -0.1) is 0 Å². The van der Waals surface area contributed by atoms with Crippen LogP contribution in [0.5, 0.6) is 0 Å². The number of hydrogen-bond donors (Lipinski definition) is 0. The molecule has 0 N–H and O–H groups in total. The second-order valence-electron chi connectivity index (χ2n) is 7.14. The normalized spacial score (nSPS) is 15.9. The predicted octanol–water partition coefficient (Wildman–Crippen LogP) is 1.96. The maximum atomic E-state index is 2.36. The molecule has 0 aromatic rings. The molecular formula is C12H30N2+2. The van der Waals surface area contributed by atoms with E-state index in [9.17, 15) is 0 Å². The molecule has 0 aliphatic heterocycles. The van der Waals surface area contributed by atoms with Gasteiger partial charge in [-0.2, -0.15) is 0 Å². The Bertz CT molecular complexity index is 177. The standard InChI is InChI=1S/C12H30N2/c1-11(2,13(5,6)7)12(3,4)14(8,9)10/h1-10H3/q+2. The van der Waals surface area contributed by atoms with Gasteiger partial charge in [0.1, 0.15) is 11.1 Å². The van der Waals surface area contributed by atoms with Gasteiger partial charge in [-0.25, -0.2) is 0 Å². The van der Waals surface area contributed by atoms with E-state index in [1.165, 1.54) is 0 Å². The Kier molecular flexibility index (Phi) is 3.19. The molecule has 2 nitrogen and oxygen atoms in total. The third-order valence-corrected chi connectivity index (χ3v) is 4.85. The molecule has 86 valence electrons. The molecule has 0 aromatic carbocycles. The van der Waals surface area contributed by atoms with Crippen molar-refractivity contribution < 1.29 is 8.97 Å². The van der Waals surface area contributed by atoms with Gasteiger partial charge in [0, 0.05) is 0 Å². The predicted molar refractivity (Wildman–Crippen MR) is 64.2 cm³/mol. The minimum Gasteiger partial charge on any atom is -0.321 e. The summed E-state index contributed by atoms with van der Waals surface area (Å²) in [7, 11) is 13.7. The number of nitrogens with zero attached hydrogens (tertiary/aromatic N) is 2. The average Bonchev–Trinajstić information content (AvgIpc) is 1.81. The van der Waals surface area contributed by atoms with Crippen molar-refractivity contribution in [2.24, 2.45) is 0 Å². The van der Waals surface area contributed by atoms with Gasteiger partial charge in [0.05, 0.1) is 42.3 Å². The van der Waals surface area contributed by atoms with Crippen LogP contribution >= 0.6 is 0 Å². The molecule has 0 bridgehead atoms. The summed E-state index contributed by atoms with van der Waals surface area (Å²) in [6.07, 6.45) is 0. The van der Waals surface area contributed by atoms with Crippen molar-refractivity contribution in [3.05, 3.63) is 0 Å². The van der Waals surface area contributed by atoms with Crippen LogP contribution in [0.1, 0.15) is 27.7 Å². The van der Waals surface area contributed by atoms with Gasteiger partial charge in [-0.3, -0.25) is 0 Å². The minimum atomic E-state index is 0.227. The molecule has 0 spiro atoms. The van der Waals surface area contributed by atoms with Crippen LogP contribution in [0.2, 0.25) is 0 Å². The SMILES string of the molecule is CC(C)(C(C)(C)[N+](C)(C)C)[N+](C)(C)C. The maximum absolute atomic E-state index is 2.36. The van der Waals surface area contributed by atoms with Crippen LogP contribution in [0.4, 0.5) is 0 Å². The molecule has 0 saturated carbocycles. The van der Waals surface area contributed by atoms with Gasteiger partial charge >= 0.3 is 0 Å². The lowest BCUT2D eigenvalue weighted by Crippen LogP contribution is -2.73. The number of rotatable bonds is 3. The summed E-state index contributed by atoms with van der Waals surface area (Å²) in [4.78, 5) is 0. The van der Waals surface area contributed by atoms with E-state index in [2.05, 4.69) is 70.0 Å². The lowest BCUT2D eigenvalue weighted by atomic mass is 9.77. The van der Waals surface area contributed by atoms with Crippen LogP contribution in [-0.2, 0) is 0 Å². The molecule has 0 aromatic heterocycles. The largest absolute Gasteiger partial charge is 0.321 e. The molecule has 0 aliphatic carbocycles. The van der Waals surface area contributed by atoms with Crippen LogP contribution < -0.4 is 0 Å². The van der Waals surface area contributed by atoms with Crippen LogP contribution in [0.3, 0.4) is 0 Å². The van der Waals surface area contributed by atoms with Crippen molar-refractivity contribution in [1.29, 1.82) is 0 Å². The van der Waals surface area contributed by atoms with Crippen molar-refractivity contribution >= 4 is 0 Å². The van der Waals surface area contributed by atoms with E-state index in [0.29, 0.717) is 0 Å². The molecule has 0 fully saturated rings. The van der Waals surface area contributed by atoms with E-state index < -0.39 is 0 Å². The first kappa shape index (κ1) is 13.9. The van der Waals surface area contributed by atoms with Crippen LogP contribution in [-0.4, -0.2) is 62.3 Å². The maximum Gasteiger partial charge on any atom is 0.147 e. The Morgan fingerprint density at radius 1 is 0.500 bits per heavy atom. The minimum absolute atomic E-state index is 0.227. The van der Waals surface area contributed by atoms with E-state index >= 15 is 0 Å². The van der Waals surface area contributed by atoms with Crippen molar-refractivity contribution in [3.63, 3.8) is 0 Å². The summed E-state index contributed by atoms with van der Waals surface area (Å²) < 4.78 is 1.96. The summed E-state index contributed by atoms with van der Waals surface area (Å²) in [5.41, 5.74) is 0.455. The van der Waals surface area contributed by atoms with E-state index in [0.717, 1.165) is 8.97 Å². The third-order valence-electron chi connectivity index (χ3n) is 4.85. The van der Waals surface area contributed by atoms with E-state index in [4.69, 9.17) is 0 Å². The second kappa shape index (κ2) is 3.21. The third kappa shape index (κ3) is 1.96. The zero-order valence-corrected chi connectivity index (χ0v) is 11.9. The highest BCUT2D eigenvalue weighted by Crippen LogP contribution is 2.36. The van der Waals surface area contributed by atoms with Gasteiger partial charge in [-0.1, -0.05) is 0 Å². The summed E-state index contributed by atoms with van der Waals surface area (Å²) in [5, 5.41) is 0. The van der Waals surface area contributed by atoms with Crippen molar-refractivity contribution in [2.45, 2.75) is 38.8 Å². The highest BCUT2D eigenvalue weighted by molar-refractivity contribution is 4.89. The molecule has 0 saturated heterocycles.